The first-order valence-electron chi connectivity index (χ1n) is 7.35. The second-order valence-electron chi connectivity index (χ2n) is 6.31. The molecule has 0 atom stereocenters. The number of carbonyl (C=O) groups excluding carboxylic acids is 1. The molecule has 1 aliphatic heterocycles. The second kappa shape index (κ2) is 5.17. The highest BCUT2D eigenvalue weighted by molar-refractivity contribution is 7.13. The van der Waals surface area contributed by atoms with Gasteiger partial charge < -0.3 is 9.47 Å². The van der Waals surface area contributed by atoms with E-state index in [1.54, 1.807) is 43.1 Å². The van der Waals surface area contributed by atoms with Crippen molar-refractivity contribution in [1.82, 2.24) is 24.3 Å². The largest absolute Gasteiger partial charge is 0.515 e. The zero-order valence-electron chi connectivity index (χ0n) is 13.4. The Morgan fingerprint density at radius 2 is 2.17 bits per heavy atom. The van der Waals surface area contributed by atoms with Crippen molar-refractivity contribution < 1.29 is 14.3 Å². The number of nitrogens with zero attached hydrogens (tertiary/aromatic N) is 5. The van der Waals surface area contributed by atoms with Crippen LogP contribution in [-0.4, -0.2) is 36.1 Å². The molecule has 0 radical (unpaired) electrons. The van der Waals surface area contributed by atoms with E-state index in [0.29, 0.717) is 12.2 Å². The maximum absolute atomic E-state index is 12.0. The molecule has 0 saturated heterocycles. The summed E-state index contributed by atoms with van der Waals surface area (Å²) in [5, 5.41) is 7.19. The van der Waals surface area contributed by atoms with Gasteiger partial charge in [-0.2, -0.15) is 5.10 Å². The number of thiophene rings is 1. The van der Waals surface area contributed by atoms with Crippen LogP contribution in [0, 0.1) is 0 Å². The first kappa shape index (κ1) is 14.9. The number of rotatable bonds is 1. The Balaban J connectivity index is 1.74. The molecule has 0 spiro atoms. The van der Waals surface area contributed by atoms with Gasteiger partial charge in [0.2, 0.25) is 5.88 Å². The van der Waals surface area contributed by atoms with E-state index in [-0.39, 0.29) is 5.88 Å². The maximum atomic E-state index is 12.0. The molecule has 3 aromatic rings. The van der Waals surface area contributed by atoms with Crippen LogP contribution in [0.15, 0.2) is 24.1 Å². The first-order chi connectivity index (χ1) is 11.4. The van der Waals surface area contributed by atoms with Gasteiger partial charge in [-0.05, 0) is 32.2 Å². The summed E-state index contributed by atoms with van der Waals surface area (Å²) in [4.78, 5) is 20.5. The maximum Gasteiger partial charge on any atom is 0.515 e. The molecule has 3 aromatic heterocycles. The fourth-order valence-electron chi connectivity index (χ4n) is 2.50. The molecule has 0 saturated carbocycles. The second-order valence-corrected chi connectivity index (χ2v) is 7.21. The Bertz CT molecular complexity index is 918. The monoisotopic (exact) mass is 345 g/mol. The van der Waals surface area contributed by atoms with Gasteiger partial charge in [-0.15, -0.1) is 11.3 Å². The van der Waals surface area contributed by atoms with E-state index in [9.17, 15) is 4.79 Å². The fourth-order valence-corrected chi connectivity index (χ4v) is 3.39. The summed E-state index contributed by atoms with van der Waals surface area (Å²) in [5.74, 6) is 0.991. The molecular weight excluding hydrogens is 330 g/mol. The Morgan fingerprint density at radius 3 is 2.96 bits per heavy atom. The highest BCUT2D eigenvalue weighted by Gasteiger charge is 2.27. The normalized spacial score (nSPS) is 12.8. The SMILES string of the molecule is CC(C)(C)OC(=O)Oc1ncn2c1Cn1ncnc1-c1ccsc1-2. The summed E-state index contributed by atoms with van der Waals surface area (Å²) >= 11 is 1.56. The summed E-state index contributed by atoms with van der Waals surface area (Å²) < 4.78 is 14.2. The average Bonchev–Trinajstić information content (AvgIpc) is 3.16. The smallest absolute Gasteiger partial charge is 0.428 e. The van der Waals surface area contributed by atoms with Gasteiger partial charge in [0.1, 0.15) is 29.0 Å². The topological polar surface area (TPSA) is 84.1 Å². The van der Waals surface area contributed by atoms with Crippen LogP contribution < -0.4 is 4.74 Å². The first-order valence-corrected chi connectivity index (χ1v) is 8.23. The number of hydrogen-bond acceptors (Lipinski definition) is 7. The Morgan fingerprint density at radius 1 is 1.33 bits per heavy atom. The van der Waals surface area contributed by atoms with Crippen LogP contribution in [-0.2, 0) is 11.3 Å². The van der Waals surface area contributed by atoms with Gasteiger partial charge in [-0.25, -0.2) is 19.4 Å². The summed E-state index contributed by atoms with van der Waals surface area (Å²) in [5.41, 5.74) is 1.06. The van der Waals surface area contributed by atoms with Crippen molar-refractivity contribution >= 4 is 17.5 Å². The molecule has 4 heterocycles. The minimum absolute atomic E-state index is 0.215. The van der Waals surface area contributed by atoms with Gasteiger partial charge in [0, 0.05) is 0 Å². The van der Waals surface area contributed by atoms with E-state index in [2.05, 4.69) is 15.1 Å². The number of carbonyl (C=O) groups is 1. The lowest BCUT2D eigenvalue weighted by Crippen LogP contribution is -2.26. The summed E-state index contributed by atoms with van der Waals surface area (Å²) in [6.07, 6.45) is 2.37. The van der Waals surface area contributed by atoms with Gasteiger partial charge in [0.25, 0.3) is 0 Å². The van der Waals surface area contributed by atoms with Gasteiger partial charge in [0.15, 0.2) is 5.82 Å². The minimum atomic E-state index is -0.779. The minimum Gasteiger partial charge on any atom is -0.428 e. The van der Waals surface area contributed by atoms with Crippen LogP contribution in [0.2, 0.25) is 0 Å². The molecule has 0 fully saturated rings. The molecule has 0 N–H and O–H groups in total. The fraction of sp³-hybridized carbons (Fsp3) is 0.333. The van der Waals surface area contributed by atoms with Crippen LogP contribution >= 0.6 is 11.3 Å². The number of aromatic nitrogens is 5. The Hall–Kier alpha value is -2.68. The van der Waals surface area contributed by atoms with E-state index in [1.807, 2.05) is 16.0 Å². The summed E-state index contributed by atoms with van der Waals surface area (Å²) in [6, 6.07) is 1.99. The molecule has 0 aromatic carbocycles. The van der Waals surface area contributed by atoms with Gasteiger partial charge in [-0.1, -0.05) is 0 Å². The van der Waals surface area contributed by atoms with Gasteiger partial charge in [0.05, 0.1) is 12.1 Å². The van der Waals surface area contributed by atoms with Crippen molar-refractivity contribution in [3.63, 3.8) is 0 Å². The average molecular weight is 345 g/mol. The number of fused-ring (bicyclic) bond motifs is 5. The van der Waals surface area contributed by atoms with Crippen LogP contribution in [0.3, 0.4) is 0 Å². The van der Waals surface area contributed by atoms with Crippen LogP contribution in [0.4, 0.5) is 4.79 Å². The molecule has 0 bridgehead atoms. The van der Waals surface area contributed by atoms with Crippen LogP contribution in [0.5, 0.6) is 5.88 Å². The van der Waals surface area contributed by atoms with Crippen LogP contribution in [0.1, 0.15) is 26.5 Å². The molecule has 0 unspecified atom stereocenters. The van der Waals surface area contributed by atoms with E-state index < -0.39 is 11.8 Å². The lowest BCUT2D eigenvalue weighted by atomic mass is 10.2. The van der Waals surface area contributed by atoms with Crippen LogP contribution in [0.25, 0.3) is 16.4 Å². The van der Waals surface area contributed by atoms with Crippen molar-refractivity contribution in [1.29, 1.82) is 0 Å². The van der Waals surface area contributed by atoms with Crippen molar-refractivity contribution in [2.45, 2.75) is 32.9 Å². The van der Waals surface area contributed by atoms with Crippen molar-refractivity contribution in [3.05, 3.63) is 29.8 Å². The summed E-state index contributed by atoms with van der Waals surface area (Å²) in [6.45, 7) is 5.74. The van der Waals surface area contributed by atoms with E-state index in [1.165, 1.54) is 6.33 Å². The number of hydrogen-bond donors (Lipinski definition) is 0. The van der Waals surface area contributed by atoms with Gasteiger partial charge in [-0.3, -0.25) is 4.57 Å². The quantitative estimate of drug-likeness (QED) is 0.493. The number of ether oxygens (including phenoxy) is 2. The third-order valence-electron chi connectivity index (χ3n) is 3.42. The zero-order valence-corrected chi connectivity index (χ0v) is 14.2. The molecule has 9 heteroatoms. The highest BCUT2D eigenvalue weighted by atomic mass is 32.1. The third-order valence-corrected chi connectivity index (χ3v) is 4.33. The lowest BCUT2D eigenvalue weighted by molar-refractivity contribution is 0.0195. The molecule has 1 aliphatic rings. The predicted octanol–water partition coefficient (Wildman–Crippen LogP) is 2.87. The third kappa shape index (κ3) is 2.46. The Kier molecular flexibility index (Phi) is 3.20. The van der Waals surface area contributed by atoms with Gasteiger partial charge >= 0.3 is 6.16 Å². The molecule has 8 nitrogen and oxygen atoms in total. The standard InChI is InChI=1S/C15H15N5O3S/c1-15(2,3)23-14(21)22-12-10-6-20-11(16-7-18-20)9-4-5-24-13(9)19(10)8-17-12/h4-5,7-8H,6H2,1-3H3. The lowest BCUT2D eigenvalue weighted by Gasteiger charge is -2.18. The molecule has 124 valence electrons. The molecule has 4 rings (SSSR count). The molecular formula is C15H15N5O3S. The van der Waals surface area contributed by atoms with E-state index in [0.717, 1.165) is 16.4 Å². The van der Waals surface area contributed by atoms with Crippen molar-refractivity contribution in [3.8, 4) is 22.3 Å². The highest BCUT2D eigenvalue weighted by Crippen LogP contribution is 2.36. The zero-order chi connectivity index (χ0) is 16.9. The number of imidazole rings is 1. The Labute approximate surface area is 141 Å². The van der Waals surface area contributed by atoms with Crippen molar-refractivity contribution in [2.24, 2.45) is 0 Å². The molecule has 0 amide bonds. The van der Waals surface area contributed by atoms with E-state index in [4.69, 9.17) is 9.47 Å². The van der Waals surface area contributed by atoms with Crippen molar-refractivity contribution in [2.75, 3.05) is 0 Å². The van der Waals surface area contributed by atoms with E-state index >= 15 is 0 Å². The molecule has 0 aliphatic carbocycles. The predicted molar refractivity (Wildman–Crippen MR) is 86.4 cm³/mol. The summed E-state index contributed by atoms with van der Waals surface area (Å²) in [7, 11) is 0. The molecule has 24 heavy (non-hydrogen) atoms.